The van der Waals surface area contributed by atoms with Crippen molar-refractivity contribution in [3.05, 3.63) is 59.4 Å². The van der Waals surface area contributed by atoms with Gasteiger partial charge in [0.1, 0.15) is 17.3 Å². The Morgan fingerprint density at radius 2 is 1.69 bits per heavy atom. The number of methoxy groups -OCH3 is 4. The molecule has 2 unspecified atom stereocenters. The normalized spacial score (nSPS) is 22.6. The summed E-state index contributed by atoms with van der Waals surface area (Å²) in [6.45, 7) is 1.79. The number of aliphatic hydroxyl groups is 1. The van der Waals surface area contributed by atoms with Crippen LogP contribution in [0.15, 0.2) is 53.8 Å². The predicted octanol–water partition coefficient (Wildman–Crippen LogP) is 2.88. The molecule has 0 aliphatic heterocycles. The van der Waals surface area contributed by atoms with E-state index in [1.165, 1.54) is 34.5 Å². The molecule has 2 rings (SSSR count). The van der Waals surface area contributed by atoms with Gasteiger partial charge in [0.15, 0.2) is 11.6 Å². The van der Waals surface area contributed by atoms with E-state index in [9.17, 15) is 9.90 Å². The summed E-state index contributed by atoms with van der Waals surface area (Å²) >= 11 is 0. The first-order chi connectivity index (χ1) is 12.4. The summed E-state index contributed by atoms with van der Waals surface area (Å²) in [6, 6.07) is 4.98. The molecule has 0 amide bonds. The largest absolute Gasteiger partial charge is 0.500 e. The number of carbonyl (C=O) groups excluding carboxylic acids is 1. The lowest BCUT2D eigenvalue weighted by atomic mass is 9.89. The zero-order chi connectivity index (χ0) is 19.3. The smallest absolute Gasteiger partial charge is 0.195 e. The van der Waals surface area contributed by atoms with Crippen molar-refractivity contribution < 1.29 is 28.8 Å². The van der Waals surface area contributed by atoms with Gasteiger partial charge in [-0.25, -0.2) is 0 Å². The van der Waals surface area contributed by atoms with E-state index < -0.39 is 11.7 Å². The minimum Gasteiger partial charge on any atom is -0.500 e. The van der Waals surface area contributed by atoms with Crippen molar-refractivity contribution in [3.63, 3.8) is 0 Å². The van der Waals surface area contributed by atoms with Crippen LogP contribution in [-0.4, -0.2) is 45.1 Å². The lowest BCUT2D eigenvalue weighted by Gasteiger charge is -2.34. The average Bonchev–Trinajstić information content (AvgIpc) is 2.68. The van der Waals surface area contributed by atoms with Crippen molar-refractivity contribution in [2.24, 2.45) is 5.92 Å². The molecule has 140 valence electrons. The third-order valence-electron chi connectivity index (χ3n) is 4.40. The Kier molecular flexibility index (Phi) is 6.23. The summed E-state index contributed by atoms with van der Waals surface area (Å²) < 4.78 is 20.9. The van der Waals surface area contributed by atoms with Crippen molar-refractivity contribution in [2.45, 2.75) is 12.7 Å². The number of carbonyl (C=O) groups is 1. The van der Waals surface area contributed by atoms with Gasteiger partial charge in [0.05, 0.1) is 27.2 Å². The standard InChI is InChI=1S/C20H24O6/c1-13-19(25-4)14(8-9-20(13,22)26-5)6-7-18(21)15-10-16(23-2)12-17(11-15)24-3/h6-13,22H,1-5H3/b7-6+. The van der Waals surface area contributed by atoms with E-state index in [1.807, 2.05) is 0 Å². The first-order valence-corrected chi connectivity index (χ1v) is 8.09. The highest BCUT2D eigenvalue weighted by Crippen LogP contribution is 2.34. The van der Waals surface area contributed by atoms with Crippen LogP contribution >= 0.6 is 0 Å². The highest BCUT2D eigenvalue weighted by atomic mass is 16.6. The van der Waals surface area contributed by atoms with E-state index in [-0.39, 0.29) is 5.78 Å². The molecule has 1 aliphatic rings. The average molecular weight is 360 g/mol. The maximum absolute atomic E-state index is 12.5. The van der Waals surface area contributed by atoms with Gasteiger partial charge < -0.3 is 24.1 Å². The van der Waals surface area contributed by atoms with E-state index in [0.717, 1.165) is 0 Å². The third kappa shape index (κ3) is 3.98. The van der Waals surface area contributed by atoms with Gasteiger partial charge in [0.2, 0.25) is 0 Å². The second-order valence-corrected chi connectivity index (χ2v) is 5.83. The minimum atomic E-state index is -1.44. The fourth-order valence-electron chi connectivity index (χ4n) is 2.76. The van der Waals surface area contributed by atoms with Crippen LogP contribution in [0.1, 0.15) is 17.3 Å². The number of hydrogen-bond acceptors (Lipinski definition) is 6. The third-order valence-corrected chi connectivity index (χ3v) is 4.40. The number of hydrogen-bond donors (Lipinski definition) is 1. The molecular formula is C20H24O6. The number of rotatable bonds is 7. The van der Waals surface area contributed by atoms with E-state index in [1.54, 1.807) is 43.4 Å². The van der Waals surface area contributed by atoms with Gasteiger partial charge in [0.25, 0.3) is 0 Å². The van der Waals surface area contributed by atoms with E-state index >= 15 is 0 Å². The van der Waals surface area contributed by atoms with Crippen molar-refractivity contribution >= 4 is 5.78 Å². The fourth-order valence-corrected chi connectivity index (χ4v) is 2.76. The first kappa shape index (κ1) is 19.8. The van der Waals surface area contributed by atoms with Gasteiger partial charge in [-0.3, -0.25) is 4.79 Å². The summed E-state index contributed by atoms with van der Waals surface area (Å²) in [7, 11) is 6.00. The second-order valence-electron chi connectivity index (χ2n) is 5.83. The quantitative estimate of drug-likeness (QED) is 0.458. The summed E-state index contributed by atoms with van der Waals surface area (Å²) in [6.07, 6.45) is 6.29. The monoisotopic (exact) mass is 360 g/mol. The molecule has 26 heavy (non-hydrogen) atoms. The fraction of sp³-hybridized carbons (Fsp3) is 0.350. The van der Waals surface area contributed by atoms with Gasteiger partial charge in [-0.15, -0.1) is 0 Å². The second kappa shape index (κ2) is 8.21. The zero-order valence-corrected chi connectivity index (χ0v) is 15.6. The van der Waals surface area contributed by atoms with Gasteiger partial charge >= 0.3 is 0 Å². The van der Waals surface area contributed by atoms with Crippen LogP contribution in [0.5, 0.6) is 11.5 Å². The van der Waals surface area contributed by atoms with Gasteiger partial charge in [-0.2, -0.15) is 0 Å². The predicted molar refractivity (Wildman–Crippen MR) is 97.3 cm³/mol. The van der Waals surface area contributed by atoms with Crippen molar-refractivity contribution in [3.8, 4) is 11.5 Å². The molecule has 0 spiro atoms. The summed E-state index contributed by atoms with van der Waals surface area (Å²) in [5.74, 6) is -0.465. The number of allylic oxidation sites excluding steroid dienone is 4. The zero-order valence-electron chi connectivity index (χ0n) is 15.6. The molecule has 0 heterocycles. The van der Waals surface area contributed by atoms with E-state index in [0.29, 0.717) is 28.4 Å². The molecule has 0 fully saturated rings. The Labute approximate surface area is 153 Å². The summed E-state index contributed by atoms with van der Waals surface area (Å²) in [5, 5.41) is 10.4. The minimum absolute atomic E-state index is 0.209. The Morgan fingerprint density at radius 1 is 1.08 bits per heavy atom. The van der Waals surface area contributed by atoms with Gasteiger partial charge in [-0.05, 0) is 37.3 Å². The molecule has 0 bridgehead atoms. The molecule has 1 aromatic rings. The molecule has 1 aliphatic carbocycles. The van der Waals surface area contributed by atoms with Crippen LogP contribution in [0.2, 0.25) is 0 Å². The lowest BCUT2D eigenvalue weighted by Crippen LogP contribution is -2.39. The molecule has 0 saturated carbocycles. The topological polar surface area (TPSA) is 74.2 Å². The molecular weight excluding hydrogens is 336 g/mol. The Morgan fingerprint density at radius 3 is 2.19 bits per heavy atom. The maximum atomic E-state index is 12.5. The molecule has 0 aromatic heterocycles. The Balaban J connectivity index is 2.30. The van der Waals surface area contributed by atoms with Crippen LogP contribution in [0.25, 0.3) is 0 Å². The molecule has 0 saturated heterocycles. The number of ketones is 1. The lowest BCUT2D eigenvalue weighted by molar-refractivity contribution is -0.179. The van der Waals surface area contributed by atoms with Gasteiger partial charge in [-0.1, -0.05) is 6.08 Å². The highest BCUT2D eigenvalue weighted by molar-refractivity contribution is 6.05. The van der Waals surface area contributed by atoms with Crippen LogP contribution in [0.3, 0.4) is 0 Å². The number of ether oxygens (including phenoxy) is 4. The van der Waals surface area contributed by atoms with Gasteiger partial charge in [0, 0.05) is 24.3 Å². The highest BCUT2D eigenvalue weighted by Gasteiger charge is 2.38. The van der Waals surface area contributed by atoms with E-state index in [2.05, 4.69) is 0 Å². The summed E-state index contributed by atoms with van der Waals surface area (Å²) in [5.41, 5.74) is 1.13. The molecule has 2 atom stereocenters. The molecule has 1 N–H and O–H groups in total. The Hall–Kier alpha value is -2.57. The SMILES string of the molecule is COC1=C(/C=C/C(=O)c2cc(OC)cc(OC)c2)C=CC(O)(OC)C1C. The molecule has 6 nitrogen and oxygen atoms in total. The first-order valence-electron chi connectivity index (χ1n) is 8.09. The molecule has 6 heteroatoms. The maximum Gasteiger partial charge on any atom is 0.195 e. The molecule has 1 aromatic carbocycles. The van der Waals surface area contributed by atoms with Crippen molar-refractivity contribution in [1.82, 2.24) is 0 Å². The van der Waals surface area contributed by atoms with Crippen molar-refractivity contribution in [2.75, 3.05) is 28.4 Å². The summed E-state index contributed by atoms with van der Waals surface area (Å²) in [4.78, 5) is 12.5. The van der Waals surface area contributed by atoms with Crippen molar-refractivity contribution in [1.29, 1.82) is 0 Å². The van der Waals surface area contributed by atoms with Crippen LogP contribution < -0.4 is 9.47 Å². The van der Waals surface area contributed by atoms with Crippen LogP contribution in [0, 0.1) is 5.92 Å². The van der Waals surface area contributed by atoms with Crippen LogP contribution in [0.4, 0.5) is 0 Å². The molecule has 0 radical (unpaired) electrons. The van der Waals surface area contributed by atoms with Crippen LogP contribution in [-0.2, 0) is 9.47 Å². The van der Waals surface area contributed by atoms with E-state index in [4.69, 9.17) is 18.9 Å². The Bertz CT molecular complexity index is 739. The number of benzene rings is 1.